The van der Waals surface area contributed by atoms with Gasteiger partial charge in [-0.2, -0.15) is 11.8 Å². The molecule has 0 aliphatic heterocycles. The summed E-state index contributed by atoms with van der Waals surface area (Å²) in [5.41, 5.74) is 8.12. The molecule has 3 rings (SSSR count). The van der Waals surface area contributed by atoms with Crippen molar-refractivity contribution in [2.24, 2.45) is 0 Å². The zero-order valence-electron chi connectivity index (χ0n) is 13.2. The molecule has 1 atom stereocenters. The van der Waals surface area contributed by atoms with Crippen molar-refractivity contribution < 1.29 is 0 Å². The van der Waals surface area contributed by atoms with Crippen LogP contribution >= 0.6 is 11.6 Å². The number of benzene rings is 3. The first kappa shape index (κ1) is 19.1. The van der Waals surface area contributed by atoms with Crippen LogP contribution in [0.2, 0.25) is 5.02 Å². The molecule has 24 heavy (non-hydrogen) atoms. The number of hydrogen-bond acceptors (Lipinski definition) is 1. The van der Waals surface area contributed by atoms with E-state index < -0.39 is 0 Å². The third-order valence-corrected chi connectivity index (χ3v) is 6.56. The summed E-state index contributed by atoms with van der Waals surface area (Å²) in [6, 6.07) is 28.6. The average molecular weight is 413 g/mol. The second kappa shape index (κ2) is 10.6. The molecule has 1 N–H and O–H groups in total. The quantitative estimate of drug-likeness (QED) is 0.462. The van der Waals surface area contributed by atoms with Gasteiger partial charge in [-0.1, -0.05) is 35.9 Å². The summed E-state index contributed by atoms with van der Waals surface area (Å²) in [7, 11) is 0. The fraction of sp³-hybridized carbons (Fsp3) is 0.100. The average Bonchev–Trinajstić information content (AvgIpc) is 2.65. The maximum Gasteiger partial charge on any atom is -0.0608 e. The Labute approximate surface area is 161 Å². The molecule has 0 spiro atoms. The van der Waals surface area contributed by atoms with Gasteiger partial charge in [0.2, 0.25) is 0 Å². The van der Waals surface area contributed by atoms with Crippen molar-refractivity contribution in [1.82, 2.24) is 0 Å². The van der Waals surface area contributed by atoms with Crippen LogP contribution in [0.4, 0.5) is 0 Å². The standard InChI is InChI=1S/C12H9ClGe.C8H10NS/c13-10-6-8-12(9-7-10)14-11-4-2-1-3-5-11;9-6-8(10)7-4-2-1-3-5-7/h1-9H;1-5,8-10H,6H2/q;-1/p-1. The molecule has 122 valence electrons. The minimum atomic E-state index is -0.181. The number of nitrogens with one attached hydrogen (secondary N) is 1. The van der Waals surface area contributed by atoms with Gasteiger partial charge in [-0.3, -0.25) is 0 Å². The van der Waals surface area contributed by atoms with Crippen LogP contribution in [-0.4, -0.2) is 22.0 Å². The van der Waals surface area contributed by atoms with Crippen molar-refractivity contribution >= 4 is 48.5 Å². The van der Waals surface area contributed by atoms with Gasteiger partial charge in [0, 0.05) is 0 Å². The van der Waals surface area contributed by atoms with Crippen LogP contribution in [0.15, 0.2) is 84.9 Å². The van der Waals surface area contributed by atoms with Crippen molar-refractivity contribution in [3.05, 3.63) is 101 Å². The normalized spacial score (nSPS) is 11.3. The Kier molecular flexibility index (Phi) is 8.47. The molecule has 3 aromatic rings. The molecule has 1 nitrogen and oxygen atoms in total. The van der Waals surface area contributed by atoms with Gasteiger partial charge in [-0.25, -0.2) is 0 Å². The Balaban J connectivity index is 0.000000185. The first-order valence-electron chi connectivity index (χ1n) is 7.62. The fourth-order valence-corrected chi connectivity index (χ4v) is 4.44. The zero-order chi connectivity index (χ0) is 17.2. The summed E-state index contributed by atoms with van der Waals surface area (Å²) in [6.07, 6.45) is 0. The summed E-state index contributed by atoms with van der Waals surface area (Å²) in [6.45, 7) is 0.291. The molecule has 4 heteroatoms. The van der Waals surface area contributed by atoms with Gasteiger partial charge in [0.15, 0.2) is 0 Å². The van der Waals surface area contributed by atoms with E-state index in [2.05, 4.69) is 42.5 Å². The predicted molar refractivity (Wildman–Crippen MR) is 109 cm³/mol. The summed E-state index contributed by atoms with van der Waals surface area (Å²) >= 11 is 10.7. The Morgan fingerprint density at radius 3 is 1.83 bits per heavy atom. The Bertz CT molecular complexity index is 705. The third-order valence-electron chi connectivity index (χ3n) is 3.26. The van der Waals surface area contributed by atoms with E-state index in [1.165, 1.54) is 8.79 Å². The van der Waals surface area contributed by atoms with E-state index in [4.69, 9.17) is 30.0 Å². The molecule has 0 saturated heterocycles. The van der Waals surface area contributed by atoms with Gasteiger partial charge in [-0.15, -0.1) is 0 Å². The minimum Gasteiger partial charge on any atom is -0.786 e. The molecule has 2 radical (unpaired) electrons. The van der Waals surface area contributed by atoms with Crippen LogP contribution in [0.3, 0.4) is 0 Å². The second-order valence-corrected chi connectivity index (χ2v) is 9.05. The van der Waals surface area contributed by atoms with Crippen molar-refractivity contribution in [3.63, 3.8) is 0 Å². The van der Waals surface area contributed by atoms with Crippen LogP contribution in [0.1, 0.15) is 10.8 Å². The van der Waals surface area contributed by atoms with E-state index in [9.17, 15) is 0 Å². The summed E-state index contributed by atoms with van der Waals surface area (Å²) < 4.78 is 2.87. The number of rotatable bonds is 4. The van der Waals surface area contributed by atoms with Crippen molar-refractivity contribution in [2.45, 2.75) is 5.25 Å². The van der Waals surface area contributed by atoms with Gasteiger partial charge < -0.3 is 18.4 Å². The van der Waals surface area contributed by atoms with E-state index in [0.29, 0.717) is 6.54 Å². The molecule has 0 aromatic heterocycles. The van der Waals surface area contributed by atoms with E-state index in [-0.39, 0.29) is 20.7 Å². The van der Waals surface area contributed by atoms with Gasteiger partial charge in [0.25, 0.3) is 0 Å². The van der Waals surface area contributed by atoms with Crippen LogP contribution in [0.25, 0.3) is 5.73 Å². The molecule has 0 aliphatic carbocycles. The van der Waals surface area contributed by atoms with Crippen molar-refractivity contribution in [3.8, 4) is 0 Å². The Morgan fingerprint density at radius 2 is 1.29 bits per heavy atom. The smallest absolute Gasteiger partial charge is 0.0608 e. The van der Waals surface area contributed by atoms with E-state index >= 15 is 0 Å². The molecular formula is C20H18ClGeNS-2. The maximum absolute atomic E-state index is 7.04. The SMILES string of the molecule is Clc1cc[c]([Ge][c]2ccccc2)cc1.[NH-]CC([S-])c1ccccc1. The molecule has 0 fully saturated rings. The minimum absolute atomic E-state index is 0.0406. The number of halogens is 1. The molecule has 0 bridgehead atoms. The number of hydrogen-bond donors (Lipinski definition) is 0. The molecule has 0 saturated carbocycles. The van der Waals surface area contributed by atoms with Crippen molar-refractivity contribution in [1.29, 1.82) is 0 Å². The Hall–Kier alpha value is -1.20. The maximum atomic E-state index is 7.04. The van der Waals surface area contributed by atoms with E-state index in [1.807, 2.05) is 42.5 Å². The topological polar surface area (TPSA) is 23.8 Å². The summed E-state index contributed by atoms with van der Waals surface area (Å²) in [5.74, 6) is 0. The molecule has 0 heterocycles. The first-order valence-corrected chi connectivity index (χ1v) is 10.6. The van der Waals surface area contributed by atoms with Crippen LogP contribution in [-0.2, 0) is 12.6 Å². The van der Waals surface area contributed by atoms with Gasteiger partial charge in [-0.05, 0) is 0 Å². The third kappa shape index (κ3) is 6.74. The van der Waals surface area contributed by atoms with Crippen LogP contribution < -0.4 is 8.79 Å². The van der Waals surface area contributed by atoms with Crippen molar-refractivity contribution in [2.75, 3.05) is 6.54 Å². The predicted octanol–water partition coefficient (Wildman–Crippen LogP) is 4.32. The van der Waals surface area contributed by atoms with Gasteiger partial charge >= 0.3 is 95.4 Å². The zero-order valence-corrected chi connectivity index (χ0v) is 16.8. The van der Waals surface area contributed by atoms with Crippen LogP contribution in [0.5, 0.6) is 0 Å². The second-order valence-electron chi connectivity index (χ2n) is 5.10. The van der Waals surface area contributed by atoms with E-state index in [1.54, 1.807) is 0 Å². The Morgan fingerprint density at radius 1 is 0.792 bits per heavy atom. The molecule has 0 amide bonds. The molecular weight excluding hydrogens is 394 g/mol. The summed E-state index contributed by atoms with van der Waals surface area (Å²) in [4.78, 5) is 0. The van der Waals surface area contributed by atoms with Gasteiger partial charge in [0.1, 0.15) is 0 Å². The molecule has 1 unspecified atom stereocenters. The first-order chi connectivity index (χ1) is 11.7. The van der Waals surface area contributed by atoms with Gasteiger partial charge in [0.05, 0.1) is 0 Å². The fourth-order valence-electron chi connectivity index (χ4n) is 2.01. The summed E-state index contributed by atoms with van der Waals surface area (Å²) in [5, 5.41) is 0.773. The van der Waals surface area contributed by atoms with E-state index in [0.717, 1.165) is 10.6 Å². The molecule has 0 aliphatic rings. The monoisotopic (exact) mass is 413 g/mol. The van der Waals surface area contributed by atoms with Crippen LogP contribution in [0, 0.1) is 0 Å². The molecule has 3 aromatic carbocycles. The largest absolute Gasteiger partial charge is 0.786 e.